The van der Waals surface area contributed by atoms with Crippen LogP contribution in [0, 0.1) is 0 Å². The molecule has 6 nitrogen and oxygen atoms in total. The van der Waals surface area contributed by atoms with Gasteiger partial charge in [0.2, 0.25) is 5.91 Å². The van der Waals surface area contributed by atoms with Crippen molar-refractivity contribution in [3.05, 3.63) is 24.3 Å². The number of carbonyl (C=O) groups excluding carboxylic acids is 2. The van der Waals surface area contributed by atoms with Crippen LogP contribution in [-0.4, -0.2) is 25.0 Å². The summed E-state index contributed by atoms with van der Waals surface area (Å²) in [6.07, 6.45) is 1.74. The van der Waals surface area contributed by atoms with Gasteiger partial charge in [0.15, 0.2) is 6.61 Å². The van der Waals surface area contributed by atoms with Gasteiger partial charge in [0.25, 0.3) is 5.91 Å². The second-order valence-electron chi connectivity index (χ2n) is 4.13. The molecule has 0 aliphatic carbocycles. The van der Waals surface area contributed by atoms with Gasteiger partial charge >= 0.3 is 0 Å². The molecule has 0 bridgehead atoms. The predicted octanol–water partition coefficient (Wildman–Crippen LogP) is 0.419. The first-order valence-electron chi connectivity index (χ1n) is 6.11. The molecule has 1 rings (SSSR count). The maximum atomic E-state index is 11.4. The maximum absolute atomic E-state index is 11.4. The monoisotopic (exact) mass is 265 g/mol. The summed E-state index contributed by atoms with van der Waals surface area (Å²) in [7, 11) is 0. The molecule has 5 N–H and O–H groups in total. The van der Waals surface area contributed by atoms with Gasteiger partial charge < -0.3 is 21.5 Å². The summed E-state index contributed by atoms with van der Waals surface area (Å²) in [4.78, 5) is 21.9. The topological polar surface area (TPSA) is 107 Å². The van der Waals surface area contributed by atoms with Gasteiger partial charge in [-0.25, -0.2) is 0 Å². The molecule has 104 valence electrons. The predicted molar refractivity (Wildman–Crippen MR) is 72.4 cm³/mol. The van der Waals surface area contributed by atoms with Gasteiger partial charge in [-0.1, -0.05) is 0 Å². The third-order valence-electron chi connectivity index (χ3n) is 2.42. The van der Waals surface area contributed by atoms with Gasteiger partial charge in [0, 0.05) is 18.7 Å². The Morgan fingerprint density at radius 3 is 2.47 bits per heavy atom. The number of hydrogen-bond donors (Lipinski definition) is 3. The molecule has 0 saturated carbocycles. The Kier molecular flexibility index (Phi) is 6.21. The Balaban J connectivity index is 2.11. The number of nitrogen functional groups attached to an aromatic ring is 1. The van der Waals surface area contributed by atoms with Crippen LogP contribution in [0.1, 0.15) is 19.3 Å². The fourth-order valence-electron chi connectivity index (χ4n) is 1.42. The molecule has 0 aliphatic rings. The molecule has 0 fully saturated rings. The molecule has 0 heterocycles. The minimum atomic E-state index is -0.321. The van der Waals surface area contributed by atoms with E-state index in [0.717, 1.165) is 6.42 Å². The standard InChI is InChI=1S/C13H19N3O3/c14-10-4-6-11(7-5-10)19-9-13(18)16-8-2-1-3-12(15)17/h4-7H,1-3,8-9,14H2,(H2,15,17)(H,16,18). The largest absolute Gasteiger partial charge is 0.484 e. The number of ether oxygens (including phenoxy) is 1. The summed E-state index contributed by atoms with van der Waals surface area (Å²) < 4.78 is 5.28. The van der Waals surface area contributed by atoms with Gasteiger partial charge in [-0.3, -0.25) is 9.59 Å². The molecule has 0 atom stereocenters. The highest BCUT2D eigenvalue weighted by Crippen LogP contribution is 2.12. The molecule has 0 unspecified atom stereocenters. The quantitative estimate of drug-likeness (QED) is 0.467. The van der Waals surface area contributed by atoms with Gasteiger partial charge in [-0.2, -0.15) is 0 Å². The summed E-state index contributed by atoms with van der Waals surface area (Å²) in [5.41, 5.74) is 11.2. The second-order valence-corrected chi connectivity index (χ2v) is 4.13. The Morgan fingerprint density at radius 2 is 1.84 bits per heavy atom. The van der Waals surface area contributed by atoms with Crippen molar-refractivity contribution in [3.63, 3.8) is 0 Å². The summed E-state index contributed by atoms with van der Waals surface area (Å²) in [5.74, 6) is 0.0759. The maximum Gasteiger partial charge on any atom is 0.257 e. The van der Waals surface area contributed by atoms with Crippen molar-refractivity contribution in [2.24, 2.45) is 5.73 Å². The molecular formula is C13H19N3O3. The van der Waals surface area contributed by atoms with Gasteiger partial charge in [-0.15, -0.1) is 0 Å². The van der Waals surface area contributed by atoms with E-state index in [4.69, 9.17) is 16.2 Å². The molecule has 2 amide bonds. The lowest BCUT2D eigenvalue weighted by Crippen LogP contribution is -2.29. The normalized spacial score (nSPS) is 9.89. The third kappa shape index (κ3) is 6.92. The van der Waals surface area contributed by atoms with Crippen LogP contribution in [0.5, 0.6) is 5.75 Å². The van der Waals surface area contributed by atoms with E-state index >= 15 is 0 Å². The van der Waals surface area contributed by atoms with Crippen LogP contribution in [0.4, 0.5) is 5.69 Å². The van der Waals surface area contributed by atoms with Gasteiger partial charge in [0.1, 0.15) is 5.75 Å². The van der Waals surface area contributed by atoms with E-state index in [0.29, 0.717) is 30.8 Å². The molecule has 0 aliphatic heterocycles. The van der Waals surface area contributed by atoms with Crippen molar-refractivity contribution in [1.82, 2.24) is 5.32 Å². The fraction of sp³-hybridized carbons (Fsp3) is 0.385. The number of primary amides is 1. The number of rotatable bonds is 8. The minimum Gasteiger partial charge on any atom is -0.484 e. The van der Waals surface area contributed by atoms with E-state index in [-0.39, 0.29) is 18.4 Å². The van der Waals surface area contributed by atoms with E-state index in [1.165, 1.54) is 0 Å². The SMILES string of the molecule is NC(=O)CCCCNC(=O)COc1ccc(N)cc1. The minimum absolute atomic E-state index is 0.0419. The lowest BCUT2D eigenvalue weighted by molar-refractivity contribution is -0.123. The van der Waals surface area contributed by atoms with Gasteiger partial charge in [-0.05, 0) is 37.1 Å². The summed E-state index contributed by atoms with van der Waals surface area (Å²) in [6, 6.07) is 6.82. The second kappa shape index (κ2) is 7.97. The van der Waals surface area contributed by atoms with Crippen LogP contribution < -0.4 is 21.5 Å². The first-order valence-corrected chi connectivity index (χ1v) is 6.11. The molecule has 1 aromatic rings. The van der Waals surface area contributed by atoms with E-state index in [9.17, 15) is 9.59 Å². The average Bonchev–Trinajstić information content (AvgIpc) is 2.37. The van der Waals surface area contributed by atoms with Crippen LogP contribution in [0.15, 0.2) is 24.3 Å². The number of anilines is 1. The lowest BCUT2D eigenvalue weighted by Gasteiger charge is -2.07. The summed E-state index contributed by atoms with van der Waals surface area (Å²) >= 11 is 0. The van der Waals surface area contributed by atoms with Crippen LogP contribution in [0.2, 0.25) is 0 Å². The highest BCUT2D eigenvalue weighted by atomic mass is 16.5. The number of benzene rings is 1. The Morgan fingerprint density at radius 1 is 1.16 bits per heavy atom. The highest BCUT2D eigenvalue weighted by molar-refractivity contribution is 5.77. The van der Waals surface area contributed by atoms with E-state index in [2.05, 4.69) is 5.32 Å². The third-order valence-corrected chi connectivity index (χ3v) is 2.42. The smallest absolute Gasteiger partial charge is 0.257 e. The summed E-state index contributed by atoms with van der Waals surface area (Å²) in [5, 5.41) is 2.70. The first kappa shape index (κ1) is 14.8. The lowest BCUT2D eigenvalue weighted by atomic mass is 10.2. The summed E-state index contributed by atoms with van der Waals surface area (Å²) in [6.45, 7) is 0.469. The Hall–Kier alpha value is -2.24. The number of nitrogens with one attached hydrogen (secondary N) is 1. The molecule has 1 aromatic carbocycles. The van der Waals surface area contributed by atoms with Crippen molar-refractivity contribution < 1.29 is 14.3 Å². The van der Waals surface area contributed by atoms with E-state index < -0.39 is 0 Å². The van der Waals surface area contributed by atoms with Crippen LogP contribution in [0.25, 0.3) is 0 Å². The first-order chi connectivity index (χ1) is 9.08. The number of unbranched alkanes of at least 4 members (excludes halogenated alkanes) is 1. The van der Waals surface area contributed by atoms with Gasteiger partial charge in [0.05, 0.1) is 0 Å². The number of carbonyl (C=O) groups is 2. The molecule has 0 radical (unpaired) electrons. The zero-order chi connectivity index (χ0) is 14.1. The van der Waals surface area contributed by atoms with Crippen LogP contribution in [-0.2, 0) is 9.59 Å². The number of nitrogens with two attached hydrogens (primary N) is 2. The zero-order valence-electron chi connectivity index (χ0n) is 10.7. The van der Waals surface area contributed by atoms with E-state index in [1.54, 1.807) is 24.3 Å². The number of amides is 2. The van der Waals surface area contributed by atoms with Crippen molar-refractivity contribution >= 4 is 17.5 Å². The zero-order valence-corrected chi connectivity index (χ0v) is 10.7. The molecular weight excluding hydrogens is 246 g/mol. The molecule has 19 heavy (non-hydrogen) atoms. The Labute approximate surface area is 112 Å². The molecule has 0 spiro atoms. The van der Waals surface area contributed by atoms with Crippen molar-refractivity contribution in [1.29, 1.82) is 0 Å². The fourth-order valence-corrected chi connectivity index (χ4v) is 1.42. The number of hydrogen-bond acceptors (Lipinski definition) is 4. The van der Waals surface area contributed by atoms with Crippen molar-refractivity contribution in [2.45, 2.75) is 19.3 Å². The van der Waals surface area contributed by atoms with Crippen molar-refractivity contribution in [2.75, 3.05) is 18.9 Å². The molecule has 0 saturated heterocycles. The van der Waals surface area contributed by atoms with Crippen LogP contribution >= 0.6 is 0 Å². The average molecular weight is 265 g/mol. The Bertz CT molecular complexity index is 418. The van der Waals surface area contributed by atoms with E-state index in [1.807, 2.05) is 0 Å². The molecule has 0 aromatic heterocycles. The molecule has 6 heteroatoms. The van der Waals surface area contributed by atoms with Crippen molar-refractivity contribution in [3.8, 4) is 5.75 Å². The highest BCUT2D eigenvalue weighted by Gasteiger charge is 2.02. The van der Waals surface area contributed by atoms with Crippen LogP contribution in [0.3, 0.4) is 0 Å².